The van der Waals surface area contributed by atoms with Gasteiger partial charge in [0.2, 0.25) is 14.1 Å². The van der Waals surface area contributed by atoms with Gasteiger partial charge in [0.25, 0.3) is 0 Å². The van der Waals surface area contributed by atoms with Crippen molar-refractivity contribution in [3.8, 4) is 5.75 Å². The van der Waals surface area contributed by atoms with Gasteiger partial charge < -0.3 is 19.2 Å². The van der Waals surface area contributed by atoms with Crippen molar-refractivity contribution in [1.82, 2.24) is 9.55 Å². The first kappa shape index (κ1) is 32.4. The summed E-state index contributed by atoms with van der Waals surface area (Å²) in [6.07, 6.45) is 2.60. The fourth-order valence-electron chi connectivity index (χ4n) is 6.64. The Labute approximate surface area is 271 Å². The zero-order valence-electron chi connectivity index (χ0n) is 26.8. The van der Waals surface area contributed by atoms with E-state index in [9.17, 15) is 14.7 Å². The fraction of sp³-hybridized carbons (Fsp3) is 0.278. The molecule has 0 spiro atoms. The Bertz CT molecular complexity index is 1640. The molecular weight excluding hydrogens is 597 g/mol. The molecule has 2 atom stereocenters. The van der Waals surface area contributed by atoms with Gasteiger partial charge in [-0.15, -0.1) is 0 Å². The summed E-state index contributed by atoms with van der Waals surface area (Å²) in [6.45, 7) is 6.75. The molecule has 10 heteroatoms. The lowest BCUT2D eigenvalue weighted by molar-refractivity contribution is -0.144. The Hall–Kier alpha value is -4.96. The highest BCUT2D eigenvalue weighted by molar-refractivity contribution is 7.03. The first-order valence-electron chi connectivity index (χ1n) is 15.2. The molecule has 0 unspecified atom stereocenters. The maximum Gasteiger partial charge on any atom is 0.413 e. The highest BCUT2D eigenvalue weighted by atomic mass is 28.3. The third-order valence-electron chi connectivity index (χ3n) is 8.69. The van der Waals surface area contributed by atoms with Crippen molar-refractivity contribution in [2.75, 3.05) is 19.1 Å². The molecule has 238 valence electrons. The Kier molecular flexibility index (Phi) is 9.57. The first-order valence-corrected chi connectivity index (χ1v) is 17.2. The molecule has 1 fully saturated rings. The number of aromatic nitrogens is 1. The molecule has 1 aliphatic rings. The summed E-state index contributed by atoms with van der Waals surface area (Å²) in [6, 6.07) is 31.1. The van der Waals surface area contributed by atoms with Crippen LogP contribution in [-0.2, 0) is 22.6 Å². The molecule has 2 heterocycles. The second-order valence-electron chi connectivity index (χ2n) is 12.4. The number of methoxy groups -OCH3 is 1. The van der Waals surface area contributed by atoms with Crippen LogP contribution in [0.15, 0.2) is 108 Å². The summed E-state index contributed by atoms with van der Waals surface area (Å²) < 4.78 is 7.31. The van der Waals surface area contributed by atoms with Crippen LogP contribution in [0.4, 0.5) is 10.6 Å². The molecule has 0 saturated carbocycles. The largest absolute Gasteiger partial charge is 0.497 e. The number of carbonyl (C=O) groups is 2. The smallest absolute Gasteiger partial charge is 0.413 e. The second-order valence-corrected chi connectivity index (χ2v) is 16.9. The molecule has 1 aromatic heterocycles. The minimum atomic E-state index is -2.97. The van der Waals surface area contributed by atoms with Gasteiger partial charge in [-0.1, -0.05) is 98.7 Å². The Morgan fingerprint density at radius 2 is 1.57 bits per heavy atom. The number of carbonyl (C=O) groups excluding carboxylic acids is 1. The topological polar surface area (TPSA) is 105 Å². The molecule has 3 aromatic carbocycles. The molecule has 46 heavy (non-hydrogen) atoms. The van der Waals surface area contributed by atoms with E-state index in [1.165, 1.54) is 12.0 Å². The first-order chi connectivity index (χ1) is 22.1. The van der Waals surface area contributed by atoms with Crippen LogP contribution in [0.3, 0.4) is 0 Å². The van der Waals surface area contributed by atoms with Crippen molar-refractivity contribution in [2.45, 2.75) is 44.8 Å². The molecule has 1 saturated heterocycles. The van der Waals surface area contributed by atoms with Crippen molar-refractivity contribution < 1.29 is 24.3 Å². The molecule has 9 nitrogen and oxygen atoms in total. The molecule has 0 bridgehead atoms. The van der Waals surface area contributed by atoms with Crippen LogP contribution < -0.4 is 20.0 Å². The minimum Gasteiger partial charge on any atom is -0.497 e. The predicted molar refractivity (Wildman–Crippen MR) is 182 cm³/mol. The van der Waals surface area contributed by atoms with Gasteiger partial charge in [-0.05, 0) is 57.2 Å². The maximum absolute atomic E-state index is 14.5. The molecule has 0 radical (unpaired) electrons. The number of rotatable bonds is 11. The highest BCUT2D eigenvalue weighted by Crippen LogP contribution is 2.45. The summed E-state index contributed by atoms with van der Waals surface area (Å²) in [5, 5.41) is 16.3. The van der Waals surface area contributed by atoms with E-state index in [1.807, 2.05) is 54.6 Å². The van der Waals surface area contributed by atoms with E-state index < -0.39 is 20.2 Å². The lowest BCUT2D eigenvalue weighted by atomic mass is 9.85. The summed E-state index contributed by atoms with van der Waals surface area (Å²) >= 11 is 0. The number of carboxylic acid groups (broad SMARTS) is 1. The monoisotopic (exact) mass is 636 g/mol. The van der Waals surface area contributed by atoms with Gasteiger partial charge in [-0.25, -0.2) is 9.78 Å². The number of benzene rings is 3. The fourth-order valence-corrected chi connectivity index (χ4v) is 12.5. The number of ether oxygens (including phenoxy) is 1. The van der Waals surface area contributed by atoms with Gasteiger partial charge in [0.1, 0.15) is 18.7 Å². The van der Waals surface area contributed by atoms with Gasteiger partial charge in [-0.2, -0.15) is 0 Å². The number of hydrogen-bond donors (Lipinski definition) is 1. The second kappa shape index (κ2) is 13.6. The van der Waals surface area contributed by atoms with Gasteiger partial charge in [0.15, 0.2) is 0 Å². The van der Waals surface area contributed by atoms with Gasteiger partial charge in [0, 0.05) is 6.20 Å². The van der Waals surface area contributed by atoms with Crippen LogP contribution in [0.1, 0.15) is 31.9 Å². The third kappa shape index (κ3) is 6.12. The average Bonchev–Trinajstić information content (AvgIpc) is 3.06. The summed E-state index contributed by atoms with van der Waals surface area (Å²) in [5.41, 5.74) is 1.60. The number of nitrogens with zero attached hydrogens (tertiary/aromatic N) is 4. The van der Waals surface area contributed by atoms with E-state index in [-0.39, 0.29) is 23.5 Å². The number of amides is 2. The van der Waals surface area contributed by atoms with E-state index >= 15 is 0 Å². The quantitative estimate of drug-likeness (QED) is 0.103. The van der Waals surface area contributed by atoms with Gasteiger partial charge >= 0.3 is 6.09 Å². The van der Waals surface area contributed by atoms with Crippen molar-refractivity contribution in [2.24, 2.45) is 11.1 Å². The number of hydrogen-bond acceptors (Lipinski definition) is 6. The zero-order chi connectivity index (χ0) is 32.9. The van der Waals surface area contributed by atoms with Crippen LogP contribution in [0.5, 0.6) is 5.75 Å². The van der Waals surface area contributed by atoms with Crippen LogP contribution in [0.2, 0.25) is 5.04 Å². The number of oxime groups is 1. The Balaban J connectivity index is 1.51. The van der Waals surface area contributed by atoms with E-state index in [2.05, 4.69) is 59.7 Å². The molecule has 0 aliphatic carbocycles. The third-order valence-corrected chi connectivity index (χ3v) is 14.4. The Morgan fingerprint density at radius 1 is 0.957 bits per heavy atom. The summed E-state index contributed by atoms with van der Waals surface area (Å²) in [7, 11) is 0.116. The molecule has 4 aromatic rings. The molecular formula is C36H40N4O5Si. The van der Waals surface area contributed by atoms with E-state index in [0.717, 1.165) is 21.5 Å². The Morgan fingerprint density at radius 3 is 2.09 bits per heavy atom. The van der Waals surface area contributed by atoms with E-state index in [0.29, 0.717) is 18.0 Å². The van der Waals surface area contributed by atoms with Crippen molar-refractivity contribution in [1.29, 1.82) is 0 Å². The van der Waals surface area contributed by atoms with Crippen LogP contribution in [0.25, 0.3) is 0 Å². The molecule has 1 aliphatic heterocycles. The number of anilines is 1. The minimum absolute atomic E-state index is 0.0357. The molecule has 2 amide bonds. The van der Waals surface area contributed by atoms with Gasteiger partial charge in [-0.3, -0.25) is 9.69 Å². The maximum atomic E-state index is 14.5. The SMILES string of the molecule is CO/N=C/[C@@H]1[C@@H](Cc2ccnc(N(Cc3ccc(OC)cc3)C(=O)O)c2)C(=O)N1[Si](c1ccccc1)(c1ccccc1)C(C)(C)C. The number of β-lactam (4-membered cyclic amide) rings is 1. The van der Waals surface area contributed by atoms with Crippen LogP contribution >= 0.6 is 0 Å². The van der Waals surface area contributed by atoms with Crippen molar-refractivity contribution in [3.05, 3.63) is 114 Å². The zero-order valence-corrected chi connectivity index (χ0v) is 27.8. The van der Waals surface area contributed by atoms with E-state index in [1.54, 1.807) is 37.7 Å². The lowest BCUT2D eigenvalue weighted by Crippen LogP contribution is -2.84. The van der Waals surface area contributed by atoms with Crippen LogP contribution in [-0.4, -0.2) is 61.4 Å². The molecule has 1 N–H and O–H groups in total. The van der Waals surface area contributed by atoms with Crippen LogP contribution in [0, 0.1) is 5.92 Å². The summed E-state index contributed by atoms with van der Waals surface area (Å²) in [5.74, 6) is 0.595. The standard InChI is InChI=1S/C36H40N4O5Si/c1-36(2,3)46(29-12-8-6-9-13-29,30-14-10-7-11-15-30)40-32(24-38-45-5)31(34(40)41)22-27-20-21-37-33(23-27)39(35(42)43)25-26-16-18-28(44-4)19-17-26/h6-21,23-24,31-32H,22,25H2,1-5H3,(H,42,43)/b38-24+/t31-,32-/m1/s1. The number of pyridine rings is 1. The van der Waals surface area contributed by atoms with Crippen molar-refractivity contribution in [3.63, 3.8) is 0 Å². The average molecular weight is 637 g/mol. The lowest BCUT2D eigenvalue weighted by Gasteiger charge is -2.60. The highest BCUT2D eigenvalue weighted by Gasteiger charge is 2.63. The summed E-state index contributed by atoms with van der Waals surface area (Å²) in [4.78, 5) is 37.6. The predicted octanol–water partition coefficient (Wildman–Crippen LogP) is 5.34. The van der Waals surface area contributed by atoms with Crippen molar-refractivity contribution >= 4 is 42.6 Å². The molecule has 5 rings (SSSR count). The van der Waals surface area contributed by atoms with E-state index in [4.69, 9.17) is 9.57 Å². The van der Waals surface area contributed by atoms with Gasteiger partial charge in [0.05, 0.1) is 31.8 Å². The normalized spacial score (nSPS) is 16.6.